The summed E-state index contributed by atoms with van der Waals surface area (Å²) < 4.78 is 37.5. The predicted octanol–water partition coefficient (Wildman–Crippen LogP) is 3.30. The van der Waals surface area contributed by atoms with Gasteiger partial charge < -0.3 is 4.90 Å². The van der Waals surface area contributed by atoms with Gasteiger partial charge in [0.15, 0.2) is 0 Å². The number of rotatable bonds is 2. The summed E-state index contributed by atoms with van der Waals surface area (Å²) in [6.07, 6.45) is -3.10. The molecular weight excluding hydrogens is 239 g/mol. The molecule has 0 spiro atoms. The average molecular weight is 255 g/mol. The third-order valence-electron chi connectivity index (χ3n) is 4.45. The lowest BCUT2D eigenvalue weighted by Crippen LogP contribution is -2.26. The first-order chi connectivity index (χ1) is 8.45. The van der Waals surface area contributed by atoms with Gasteiger partial charge in [-0.05, 0) is 36.6 Å². The smallest absolute Gasteiger partial charge is 0.302 e. The minimum atomic E-state index is -4.23. The largest absolute Gasteiger partial charge is 0.416 e. The van der Waals surface area contributed by atoms with Gasteiger partial charge in [-0.15, -0.1) is 0 Å². The Morgan fingerprint density at radius 3 is 2.44 bits per heavy atom. The molecule has 1 aliphatic heterocycles. The number of likely N-dealkylation sites (N-methyl/N-ethyl adjacent to an activating group) is 1. The number of likely N-dealkylation sites (tertiary alicyclic amines) is 1. The van der Waals surface area contributed by atoms with Crippen LogP contribution in [0.4, 0.5) is 13.2 Å². The minimum absolute atomic E-state index is 0.153. The van der Waals surface area contributed by atoms with Crippen LogP contribution in [0.25, 0.3) is 0 Å². The highest BCUT2D eigenvalue weighted by atomic mass is 19.4. The molecule has 98 valence electrons. The molecule has 1 aliphatic carbocycles. The van der Waals surface area contributed by atoms with Crippen molar-refractivity contribution in [3.63, 3.8) is 0 Å². The highest BCUT2D eigenvalue weighted by molar-refractivity contribution is 5.39. The maximum absolute atomic E-state index is 12.5. The van der Waals surface area contributed by atoms with Crippen molar-refractivity contribution in [2.45, 2.75) is 24.9 Å². The Balaban J connectivity index is 1.83. The summed E-state index contributed by atoms with van der Waals surface area (Å²) >= 11 is 0. The van der Waals surface area contributed by atoms with E-state index in [0.29, 0.717) is 5.92 Å². The van der Waals surface area contributed by atoms with Gasteiger partial charge in [0.1, 0.15) is 0 Å². The molecule has 1 heterocycles. The fraction of sp³-hybridized carbons (Fsp3) is 0.571. The second kappa shape index (κ2) is 3.73. The molecule has 18 heavy (non-hydrogen) atoms. The first-order valence-electron chi connectivity index (χ1n) is 6.36. The number of benzene rings is 1. The average Bonchev–Trinajstić information content (AvgIpc) is 2.91. The third-order valence-corrected chi connectivity index (χ3v) is 4.45. The summed E-state index contributed by atoms with van der Waals surface area (Å²) in [5, 5.41) is 0. The maximum Gasteiger partial charge on any atom is 0.416 e. The van der Waals surface area contributed by atoms with Gasteiger partial charge in [0.2, 0.25) is 0 Å². The first kappa shape index (κ1) is 12.0. The minimum Gasteiger partial charge on any atom is -0.302 e. The molecule has 1 saturated carbocycles. The van der Waals surface area contributed by atoms with Crippen molar-refractivity contribution in [2.24, 2.45) is 5.92 Å². The normalized spacial score (nSPS) is 31.4. The molecule has 2 fully saturated rings. The molecular formula is C14H16F3N. The molecule has 0 N–H and O–H groups in total. The Kier molecular flexibility index (Phi) is 2.49. The van der Waals surface area contributed by atoms with E-state index >= 15 is 0 Å². The number of hydrogen-bond donors (Lipinski definition) is 0. The maximum atomic E-state index is 12.5. The fourth-order valence-corrected chi connectivity index (χ4v) is 3.27. The Hall–Kier alpha value is -1.03. The van der Waals surface area contributed by atoms with Gasteiger partial charge in [0, 0.05) is 18.5 Å². The lowest BCUT2D eigenvalue weighted by molar-refractivity contribution is -0.137. The molecule has 0 bridgehead atoms. The van der Waals surface area contributed by atoms with Crippen LogP contribution < -0.4 is 0 Å². The quantitative estimate of drug-likeness (QED) is 0.783. The summed E-state index contributed by atoms with van der Waals surface area (Å²) in [5.41, 5.74) is 0.682. The number of alkyl halides is 3. The van der Waals surface area contributed by atoms with E-state index in [2.05, 4.69) is 11.8 Å². The molecule has 1 aromatic carbocycles. The van der Waals surface area contributed by atoms with E-state index in [1.807, 2.05) is 0 Å². The highest BCUT2D eigenvalue weighted by Gasteiger charge is 2.60. The number of nitrogens with zero attached hydrogens (tertiary/aromatic N) is 1. The van der Waals surface area contributed by atoms with Gasteiger partial charge >= 0.3 is 6.18 Å². The Bertz CT molecular complexity index is 451. The van der Waals surface area contributed by atoms with Crippen molar-refractivity contribution in [3.8, 4) is 0 Å². The third kappa shape index (κ3) is 1.74. The molecule has 0 aromatic heterocycles. The number of piperidine rings is 1. The standard InChI is InChI=1S/C14H16F3N/c1-2-18-8-12-7-13(12,9-18)10-3-5-11(6-4-10)14(15,16)17/h3-6,12H,2,7-9H2,1H3. The Morgan fingerprint density at radius 2 is 1.94 bits per heavy atom. The van der Waals surface area contributed by atoms with Crippen LogP contribution in [0.5, 0.6) is 0 Å². The summed E-state index contributed by atoms with van der Waals surface area (Å²) in [7, 11) is 0. The van der Waals surface area contributed by atoms with Gasteiger partial charge in [0.05, 0.1) is 5.56 Å². The van der Waals surface area contributed by atoms with Crippen LogP contribution in [0.3, 0.4) is 0 Å². The van der Waals surface area contributed by atoms with Crippen LogP contribution in [0.1, 0.15) is 24.5 Å². The van der Waals surface area contributed by atoms with Crippen molar-refractivity contribution < 1.29 is 13.2 Å². The predicted molar refractivity (Wildman–Crippen MR) is 63.3 cm³/mol. The summed E-state index contributed by atoms with van der Waals surface area (Å²) in [6, 6.07) is 5.77. The zero-order valence-corrected chi connectivity index (χ0v) is 10.3. The van der Waals surface area contributed by atoms with E-state index in [1.165, 1.54) is 12.1 Å². The van der Waals surface area contributed by atoms with Crippen LogP contribution in [-0.2, 0) is 11.6 Å². The zero-order valence-electron chi connectivity index (χ0n) is 10.3. The molecule has 0 radical (unpaired) electrons. The first-order valence-corrected chi connectivity index (χ1v) is 6.36. The van der Waals surface area contributed by atoms with E-state index < -0.39 is 11.7 Å². The van der Waals surface area contributed by atoms with Crippen molar-refractivity contribution in [1.82, 2.24) is 4.90 Å². The topological polar surface area (TPSA) is 3.24 Å². The lowest BCUT2D eigenvalue weighted by Gasteiger charge is -2.19. The van der Waals surface area contributed by atoms with Crippen LogP contribution in [-0.4, -0.2) is 24.5 Å². The zero-order chi connectivity index (χ0) is 13.0. The monoisotopic (exact) mass is 255 g/mol. The second-order valence-electron chi connectivity index (χ2n) is 5.46. The summed E-state index contributed by atoms with van der Waals surface area (Å²) in [5.74, 6) is 0.647. The molecule has 2 aliphatic rings. The van der Waals surface area contributed by atoms with E-state index in [-0.39, 0.29) is 5.41 Å². The number of fused-ring (bicyclic) bond motifs is 1. The van der Waals surface area contributed by atoms with E-state index in [0.717, 1.165) is 31.6 Å². The lowest BCUT2D eigenvalue weighted by atomic mass is 9.94. The highest BCUT2D eigenvalue weighted by Crippen LogP contribution is 2.58. The van der Waals surface area contributed by atoms with Crippen LogP contribution in [0.15, 0.2) is 24.3 Å². The summed E-state index contributed by atoms with van der Waals surface area (Å²) in [6.45, 7) is 5.25. The molecule has 3 rings (SSSR count). The molecule has 2 unspecified atom stereocenters. The van der Waals surface area contributed by atoms with E-state index in [1.54, 1.807) is 12.1 Å². The van der Waals surface area contributed by atoms with E-state index in [4.69, 9.17) is 0 Å². The molecule has 4 heteroatoms. The van der Waals surface area contributed by atoms with Crippen molar-refractivity contribution >= 4 is 0 Å². The van der Waals surface area contributed by atoms with Gasteiger partial charge in [-0.1, -0.05) is 19.1 Å². The van der Waals surface area contributed by atoms with Crippen LogP contribution in [0.2, 0.25) is 0 Å². The van der Waals surface area contributed by atoms with Crippen molar-refractivity contribution in [1.29, 1.82) is 0 Å². The molecule has 1 nitrogen and oxygen atoms in total. The van der Waals surface area contributed by atoms with Gasteiger partial charge in [-0.2, -0.15) is 13.2 Å². The SMILES string of the molecule is CCN1CC2CC2(c2ccc(C(F)(F)F)cc2)C1. The molecule has 0 amide bonds. The Labute approximate surface area is 105 Å². The van der Waals surface area contributed by atoms with Crippen LogP contribution in [0, 0.1) is 5.92 Å². The van der Waals surface area contributed by atoms with Gasteiger partial charge in [0.25, 0.3) is 0 Å². The Morgan fingerprint density at radius 1 is 1.28 bits per heavy atom. The van der Waals surface area contributed by atoms with Crippen molar-refractivity contribution in [2.75, 3.05) is 19.6 Å². The second-order valence-corrected chi connectivity index (χ2v) is 5.46. The van der Waals surface area contributed by atoms with E-state index in [9.17, 15) is 13.2 Å². The van der Waals surface area contributed by atoms with Gasteiger partial charge in [-0.25, -0.2) is 0 Å². The fourth-order valence-electron chi connectivity index (χ4n) is 3.27. The number of hydrogen-bond acceptors (Lipinski definition) is 1. The van der Waals surface area contributed by atoms with Crippen LogP contribution >= 0.6 is 0 Å². The molecule has 1 saturated heterocycles. The molecule has 1 aromatic rings. The van der Waals surface area contributed by atoms with Gasteiger partial charge in [-0.3, -0.25) is 0 Å². The summed E-state index contributed by atoms with van der Waals surface area (Å²) in [4.78, 5) is 2.38. The number of halogens is 3. The molecule has 2 atom stereocenters. The van der Waals surface area contributed by atoms with Crippen molar-refractivity contribution in [3.05, 3.63) is 35.4 Å².